The number of ether oxygens (including phenoxy) is 1. The number of rotatable bonds is 6. The largest absolute Gasteiger partial charge is 0.496 e. The fraction of sp³-hybridized carbons (Fsp3) is 0.647. The van der Waals surface area contributed by atoms with Gasteiger partial charge in [0.1, 0.15) is 5.75 Å². The minimum absolute atomic E-state index is 0.284. The van der Waals surface area contributed by atoms with Crippen LogP contribution in [0.3, 0.4) is 0 Å². The maximum atomic E-state index is 6.30. The van der Waals surface area contributed by atoms with E-state index >= 15 is 0 Å². The lowest BCUT2D eigenvalue weighted by Gasteiger charge is -2.43. The molecule has 0 radical (unpaired) electrons. The summed E-state index contributed by atoms with van der Waals surface area (Å²) in [6.07, 6.45) is 6.57. The molecule has 3 nitrogen and oxygen atoms in total. The van der Waals surface area contributed by atoms with Crippen LogP contribution in [0.4, 0.5) is 0 Å². The van der Waals surface area contributed by atoms with Crippen molar-refractivity contribution < 1.29 is 4.74 Å². The summed E-state index contributed by atoms with van der Waals surface area (Å²) in [5.74, 6) is 0.859. The summed E-state index contributed by atoms with van der Waals surface area (Å²) >= 11 is 6.30. The molecule has 0 aromatic heterocycles. The molecule has 0 bridgehead atoms. The molecule has 0 amide bonds. The Morgan fingerprint density at radius 3 is 2.57 bits per heavy atom. The van der Waals surface area contributed by atoms with E-state index in [1.165, 1.54) is 32.1 Å². The van der Waals surface area contributed by atoms with Gasteiger partial charge in [-0.2, -0.15) is 0 Å². The Labute approximate surface area is 133 Å². The molecular weight excluding hydrogens is 284 g/mol. The Bertz CT molecular complexity index is 456. The number of benzene rings is 1. The van der Waals surface area contributed by atoms with Crippen molar-refractivity contribution in [1.29, 1.82) is 0 Å². The fourth-order valence-electron chi connectivity index (χ4n) is 3.31. The van der Waals surface area contributed by atoms with Gasteiger partial charge in [0.25, 0.3) is 0 Å². The Morgan fingerprint density at radius 2 is 1.95 bits per heavy atom. The molecule has 1 fully saturated rings. The minimum Gasteiger partial charge on any atom is -0.496 e. The van der Waals surface area contributed by atoms with Gasteiger partial charge >= 0.3 is 0 Å². The molecule has 0 heterocycles. The highest BCUT2D eigenvalue weighted by molar-refractivity contribution is 6.31. The van der Waals surface area contributed by atoms with E-state index in [1.807, 2.05) is 18.2 Å². The molecule has 1 saturated carbocycles. The third-order valence-electron chi connectivity index (χ3n) is 4.78. The molecule has 1 N–H and O–H groups in total. The minimum atomic E-state index is 0.284. The van der Waals surface area contributed by atoms with Crippen LogP contribution in [-0.2, 0) is 6.54 Å². The van der Waals surface area contributed by atoms with Crippen LogP contribution in [0.2, 0.25) is 5.02 Å². The van der Waals surface area contributed by atoms with Gasteiger partial charge < -0.3 is 15.0 Å². The van der Waals surface area contributed by atoms with Crippen molar-refractivity contribution >= 4 is 11.6 Å². The molecule has 0 spiro atoms. The van der Waals surface area contributed by atoms with Crippen molar-refractivity contribution in [2.24, 2.45) is 0 Å². The van der Waals surface area contributed by atoms with Crippen molar-refractivity contribution in [2.45, 2.75) is 44.2 Å². The number of nitrogens with zero attached hydrogens (tertiary/aromatic N) is 1. The van der Waals surface area contributed by atoms with Crippen LogP contribution in [0.1, 0.15) is 37.7 Å². The molecule has 21 heavy (non-hydrogen) atoms. The topological polar surface area (TPSA) is 24.5 Å². The first-order valence-corrected chi connectivity index (χ1v) is 8.16. The van der Waals surface area contributed by atoms with E-state index in [0.717, 1.165) is 29.4 Å². The van der Waals surface area contributed by atoms with Crippen LogP contribution in [-0.4, -0.2) is 38.2 Å². The maximum absolute atomic E-state index is 6.30. The van der Waals surface area contributed by atoms with Crippen LogP contribution in [0.5, 0.6) is 5.75 Å². The molecule has 2 rings (SSSR count). The molecule has 1 aromatic carbocycles. The quantitative estimate of drug-likeness (QED) is 0.867. The molecule has 1 aliphatic carbocycles. The van der Waals surface area contributed by atoms with E-state index in [9.17, 15) is 0 Å². The molecule has 4 heteroatoms. The number of halogens is 1. The van der Waals surface area contributed by atoms with E-state index < -0.39 is 0 Å². The summed E-state index contributed by atoms with van der Waals surface area (Å²) < 4.78 is 5.41. The molecule has 118 valence electrons. The third-order valence-corrected chi connectivity index (χ3v) is 5.14. The molecule has 0 unspecified atom stereocenters. The third kappa shape index (κ3) is 3.91. The van der Waals surface area contributed by atoms with Crippen molar-refractivity contribution in [3.8, 4) is 5.75 Å². The first kappa shape index (κ1) is 16.6. The van der Waals surface area contributed by atoms with E-state index in [4.69, 9.17) is 16.3 Å². The smallest absolute Gasteiger partial charge is 0.124 e. The molecule has 0 atom stereocenters. The van der Waals surface area contributed by atoms with Crippen LogP contribution in [0.15, 0.2) is 18.2 Å². The summed E-state index contributed by atoms with van der Waals surface area (Å²) in [6, 6.07) is 5.81. The lowest BCUT2D eigenvalue weighted by Crippen LogP contribution is -2.52. The monoisotopic (exact) mass is 310 g/mol. The standard InChI is InChI=1S/C17H27ClN2O/c1-20(2)17(10-5-4-6-11-17)13-19-12-14-15(18)8-7-9-16(14)21-3/h7-9,19H,4-6,10-13H2,1-3H3. The van der Waals surface area contributed by atoms with Crippen molar-refractivity contribution in [2.75, 3.05) is 27.7 Å². The highest BCUT2D eigenvalue weighted by atomic mass is 35.5. The zero-order valence-corrected chi connectivity index (χ0v) is 14.2. The molecular formula is C17H27ClN2O. The lowest BCUT2D eigenvalue weighted by molar-refractivity contribution is 0.0983. The van der Waals surface area contributed by atoms with Crippen molar-refractivity contribution in [3.63, 3.8) is 0 Å². The Morgan fingerprint density at radius 1 is 1.24 bits per heavy atom. The molecule has 0 saturated heterocycles. The summed E-state index contributed by atoms with van der Waals surface area (Å²) in [4.78, 5) is 2.39. The normalized spacial score (nSPS) is 18.0. The van der Waals surface area contributed by atoms with Gasteiger partial charge in [-0.1, -0.05) is 36.9 Å². The first-order valence-electron chi connectivity index (χ1n) is 7.78. The van der Waals surface area contributed by atoms with Crippen LogP contribution in [0.25, 0.3) is 0 Å². The molecule has 0 aliphatic heterocycles. The van der Waals surface area contributed by atoms with Gasteiger partial charge in [-0.3, -0.25) is 0 Å². The fourth-order valence-corrected chi connectivity index (χ4v) is 3.55. The van der Waals surface area contributed by atoms with Crippen molar-refractivity contribution in [1.82, 2.24) is 10.2 Å². The average Bonchev–Trinajstić information content (AvgIpc) is 2.49. The Balaban J connectivity index is 2.00. The molecule has 1 aliphatic rings. The van der Waals surface area contributed by atoms with Crippen molar-refractivity contribution in [3.05, 3.63) is 28.8 Å². The highest BCUT2D eigenvalue weighted by Crippen LogP contribution is 2.32. The van der Waals surface area contributed by atoms with Gasteiger partial charge in [-0.15, -0.1) is 0 Å². The van der Waals surface area contributed by atoms with Crippen LogP contribution >= 0.6 is 11.6 Å². The highest BCUT2D eigenvalue weighted by Gasteiger charge is 2.33. The number of likely N-dealkylation sites (N-methyl/N-ethyl adjacent to an activating group) is 1. The van der Waals surface area contributed by atoms with E-state index in [2.05, 4.69) is 24.3 Å². The average molecular weight is 311 g/mol. The van der Waals surface area contributed by atoms with Gasteiger partial charge in [-0.05, 0) is 39.1 Å². The van der Waals surface area contributed by atoms with Gasteiger partial charge in [0.15, 0.2) is 0 Å². The van der Waals surface area contributed by atoms with Crippen LogP contribution in [0, 0.1) is 0 Å². The summed E-state index contributed by atoms with van der Waals surface area (Å²) in [7, 11) is 6.09. The van der Waals surface area contributed by atoms with Crippen LogP contribution < -0.4 is 10.1 Å². The number of nitrogens with one attached hydrogen (secondary N) is 1. The number of hydrogen-bond acceptors (Lipinski definition) is 3. The second-order valence-corrected chi connectivity index (χ2v) is 6.61. The SMILES string of the molecule is COc1cccc(Cl)c1CNCC1(N(C)C)CCCCC1. The van der Waals surface area contributed by atoms with E-state index in [0.29, 0.717) is 0 Å². The Kier molecular flexibility index (Phi) is 5.91. The van der Waals surface area contributed by atoms with Gasteiger partial charge in [-0.25, -0.2) is 0 Å². The zero-order chi connectivity index (χ0) is 15.3. The second kappa shape index (κ2) is 7.48. The predicted molar refractivity (Wildman–Crippen MR) is 89.2 cm³/mol. The summed E-state index contributed by atoms with van der Waals surface area (Å²) in [5, 5.41) is 4.37. The maximum Gasteiger partial charge on any atom is 0.124 e. The lowest BCUT2D eigenvalue weighted by atomic mass is 9.80. The van der Waals surface area contributed by atoms with Gasteiger partial charge in [0.2, 0.25) is 0 Å². The van der Waals surface area contributed by atoms with E-state index in [1.54, 1.807) is 7.11 Å². The zero-order valence-electron chi connectivity index (χ0n) is 13.4. The predicted octanol–water partition coefficient (Wildman–Crippen LogP) is 3.70. The Hall–Kier alpha value is -0.770. The first-order chi connectivity index (χ1) is 10.1. The van der Waals surface area contributed by atoms with Gasteiger partial charge in [0, 0.05) is 29.2 Å². The van der Waals surface area contributed by atoms with Gasteiger partial charge in [0.05, 0.1) is 7.11 Å². The second-order valence-electron chi connectivity index (χ2n) is 6.20. The number of methoxy groups -OCH3 is 1. The summed E-state index contributed by atoms with van der Waals surface area (Å²) in [6.45, 7) is 1.74. The summed E-state index contributed by atoms with van der Waals surface area (Å²) in [5.41, 5.74) is 1.33. The molecule has 1 aromatic rings. The number of hydrogen-bond donors (Lipinski definition) is 1. The van der Waals surface area contributed by atoms with E-state index in [-0.39, 0.29) is 5.54 Å².